The molecule has 0 spiro atoms. The van der Waals surface area contributed by atoms with Gasteiger partial charge >= 0.3 is 0 Å². The first-order chi connectivity index (χ1) is 9.63. The minimum absolute atomic E-state index is 0.0558. The molecule has 1 atom stereocenters. The number of benzene rings is 2. The Hall–Kier alpha value is -1.38. The van der Waals surface area contributed by atoms with Crippen LogP contribution >= 0.6 is 11.6 Å². The number of halogens is 2. The number of nitrogens with one attached hydrogen (secondary N) is 1. The van der Waals surface area contributed by atoms with E-state index in [1.165, 1.54) is 17.2 Å². The van der Waals surface area contributed by atoms with Gasteiger partial charge in [0.25, 0.3) is 0 Å². The van der Waals surface area contributed by atoms with Gasteiger partial charge in [0.05, 0.1) is 0 Å². The normalized spacial score (nSPS) is 12.4. The van der Waals surface area contributed by atoms with Crippen LogP contribution in [-0.2, 0) is 12.8 Å². The van der Waals surface area contributed by atoms with Crippen LogP contribution in [-0.4, -0.2) is 7.05 Å². The highest BCUT2D eigenvalue weighted by atomic mass is 35.5. The number of aryl methyl sites for hydroxylation is 1. The summed E-state index contributed by atoms with van der Waals surface area (Å²) in [4.78, 5) is 0. The zero-order valence-corrected chi connectivity index (χ0v) is 12.5. The summed E-state index contributed by atoms with van der Waals surface area (Å²) < 4.78 is 14.0. The van der Waals surface area contributed by atoms with Crippen molar-refractivity contribution in [2.45, 2.75) is 25.8 Å². The van der Waals surface area contributed by atoms with Gasteiger partial charge in [-0.15, -0.1) is 0 Å². The Bertz CT molecular complexity index is 566. The van der Waals surface area contributed by atoms with E-state index in [2.05, 4.69) is 36.5 Å². The van der Waals surface area contributed by atoms with E-state index in [1.54, 1.807) is 12.1 Å². The first-order valence-electron chi connectivity index (χ1n) is 6.84. The molecule has 0 aliphatic rings. The van der Waals surface area contributed by atoms with Gasteiger partial charge in [0.2, 0.25) is 0 Å². The molecule has 0 aromatic heterocycles. The molecule has 2 aromatic rings. The fourth-order valence-electron chi connectivity index (χ4n) is 2.30. The Kier molecular flexibility index (Phi) is 5.16. The molecule has 1 N–H and O–H groups in total. The second-order valence-corrected chi connectivity index (χ2v) is 5.32. The molecule has 0 amide bonds. The summed E-state index contributed by atoms with van der Waals surface area (Å²) in [5.41, 5.74) is 3.15. The predicted octanol–water partition coefficient (Wildman–Crippen LogP) is 4.54. The van der Waals surface area contributed by atoms with Crippen LogP contribution in [0, 0.1) is 5.82 Å². The average molecular weight is 292 g/mol. The van der Waals surface area contributed by atoms with Crippen molar-refractivity contribution < 1.29 is 4.39 Å². The lowest BCUT2D eigenvalue weighted by Gasteiger charge is -2.18. The Labute approximate surface area is 124 Å². The summed E-state index contributed by atoms with van der Waals surface area (Å²) in [6, 6.07) is 13.2. The van der Waals surface area contributed by atoms with Crippen LogP contribution in [0.25, 0.3) is 0 Å². The van der Waals surface area contributed by atoms with E-state index in [9.17, 15) is 4.39 Å². The lowest BCUT2D eigenvalue weighted by atomic mass is 9.97. The molecule has 2 rings (SSSR count). The lowest BCUT2D eigenvalue weighted by Crippen LogP contribution is -2.20. The predicted molar refractivity (Wildman–Crippen MR) is 82.7 cm³/mol. The number of rotatable bonds is 5. The first kappa shape index (κ1) is 15.0. The fourth-order valence-corrected chi connectivity index (χ4v) is 2.46. The van der Waals surface area contributed by atoms with Gasteiger partial charge in [0, 0.05) is 16.6 Å². The lowest BCUT2D eigenvalue weighted by molar-refractivity contribution is 0.534. The zero-order chi connectivity index (χ0) is 14.5. The van der Waals surface area contributed by atoms with E-state index in [1.807, 2.05) is 7.05 Å². The highest BCUT2D eigenvalue weighted by Gasteiger charge is 2.14. The quantitative estimate of drug-likeness (QED) is 0.852. The maximum Gasteiger partial charge on any atom is 0.129 e. The van der Waals surface area contributed by atoms with Gasteiger partial charge in [-0.3, -0.25) is 0 Å². The summed E-state index contributed by atoms with van der Waals surface area (Å²) in [6.07, 6.45) is 1.78. The van der Waals surface area contributed by atoms with Gasteiger partial charge in [0.1, 0.15) is 5.82 Å². The number of likely N-dealkylation sites (N-methyl/N-ethyl adjacent to an activating group) is 1. The highest BCUT2D eigenvalue weighted by molar-refractivity contribution is 6.30. The minimum Gasteiger partial charge on any atom is -0.313 e. The summed E-state index contributed by atoms with van der Waals surface area (Å²) in [7, 11) is 1.85. The molecule has 0 aliphatic carbocycles. The van der Waals surface area contributed by atoms with Gasteiger partial charge in [-0.05, 0) is 43.1 Å². The topological polar surface area (TPSA) is 12.0 Å². The molecular weight excluding hydrogens is 273 g/mol. The monoisotopic (exact) mass is 291 g/mol. The largest absolute Gasteiger partial charge is 0.313 e. The van der Waals surface area contributed by atoms with Gasteiger partial charge < -0.3 is 5.32 Å². The smallest absolute Gasteiger partial charge is 0.129 e. The van der Waals surface area contributed by atoms with Crippen molar-refractivity contribution in [1.29, 1.82) is 0 Å². The van der Waals surface area contributed by atoms with Crippen LogP contribution < -0.4 is 5.32 Å². The molecule has 1 nitrogen and oxygen atoms in total. The molecule has 0 saturated carbocycles. The molecule has 20 heavy (non-hydrogen) atoms. The third kappa shape index (κ3) is 3.59. The van der Waals surface area contributed by atoms with Crippen LogP contribution in [0.5, 0.6) is 0 Å². The van der Waals surface area contributed by atoms with E-state index in [-0.39, 0.29) is 11.9 Å². The van der Waals surface area contributed by atoms with E-state index < -0.39 is 0 Å². The fraction of sp³-hybridized carbons (Fsp3) is 0.294. The maximum absolute atomic E-state index is 14.0. The van der Waals surface area contributed by atoms with Gasteiger partial charge in [-0.25, -0.2) is 4.39 Å². The molecule has 0 saturated heterocycles. The Morgan fingerprint density at radius 1 is 1.10 bits per heavy atom. The van der Waals surface area contributed by atoms with Crippen molar-refractivity contribution >= 4 is 11.6 Å². The summed E-state index contributed by atoms with van der Waals surface area (Å²) in [6.45, 7) is 2.13. The van der Waals surface area contributed by atoms with Gasteiger partial charge in [-0.1, -0.05) is 48.9 Å². The molecular formula is C17H19ClFN. The third-order valence-corrected chi connectivity index (χ3v) is 3.79. The van der Waals surface area contributed by atoms with Crippen molar-refractivity contribution in [3.63, 3.8) is 0 Å². The molecule has 0 fully saturated rings. The average Bonchev–Trinajstić information content (AvgIpc) is 2.46. The van der Waals surface area contributed by atoms with E-state index in [0.717, 1.165) is 12.8 Å². The molecule has 1 unspecified atom stereocenters. The summed E-state index contributed by atoms with van der Waals surface area (Å²) in [5.74, 6) is -0.262. The molecule has 106 valence electrons. The zero-order valence-electron chi connectivity index (χ0n) is 11.8. The summed E-state index contributed by atoms with van der Waals surface area (Å²) >= 11 is 5.80. The Morgan fingerprint density at radius 3 is 2.30 bits per heavy atom. The Morgan fingerprint density at radius 2 is 1.75 bits per heavy atom. The van der Waals surface area contributed by atoms with Crippen molar-refractivity contribution in [3.8, 4) is 0 Å². The van der Waals surface area contributed by atoms with Crippen molar-refractivity contribution in [1.82, 2.24) is 5.32 Å². The molecule has 0 aliphatic heterocycles. The van der Waals surface area contributed by atoms with Gasteiger partial charge in [0.15, 0.2) is 0 Å². The first-order valence-corrected chi connectivity index (χ1v) is 7.22. The minimum atomic E-state index is -0.262. The number of hydrogen-bond donors (Lipinski definition) is 1. The molecule has 0 heterocycles. The second kappa shape index (κ2) is 6.87. The standard InChI is InChI=1S/C17H19ClFN/c1-3-12-4-6-13(7-5-12)10-17(20-2)15-9-8-14(18)11-16(15)19/h4-9,11,17,20H,3,10H2,1-2H3. The van der Waals surface area contributed by atoms with Crippen LogP contribution in [0.4, 0.5) is 4.39 Å². The van der Waals surface area contributed by atoms with Crippen molar-refractivity contribution in [3.05, 3.63) is 70.0 Å². The van der Waals surface area contributed by atoms with E-state index in [4.69, 9.17) is 11.6 Å². The summed E-state index contributed by atoms with van der Waals surface area (Å²) in [5, 5.41) is 3.60. The van der Waals surface area contributed by atoms with Crippen LogP contribution in [0.2, 0.25) is 5.02 Å². The SMILES string of the molecule is CCc1ccc(CC(NC)c2ccc(Cl)cc2F)cc1. The van der Waals surface area contributed by atoms with Gasteiger partial charge in [-0.2, -0.15) is 0 Å². The molecule has 0 radical (unpaired) electrons. The van der Waals surface area contributed by atoms with Crippen molar-refractivity contribution in [2.75, 3.05) is 7.05 Å². The van der Waals surface area contributed by atoms with Crippen molar-refractivity contribution in [2.24, 2.45) is 0 Å². The molecule has 2 aromatic carbocycles. The third-order valence-electron chi connectivity index (χ3n) is 3.56. The van der Waals surface area contributed by atoms with Crippen LogP contribution in [0.3, 0.4) is 0 Å². The van der Waals surface area contributed by atoms with E-state index in [0.29, 0.717) is 10.6 Å². The molecule has 3 heteroatoms. The Balaban J connectivity index is 2.19. The maximum atomic E-state index is 14.0. The molecule has 0 bridgehead atoms. The van der Waals surface area contributed by atoms with E-state index >= 15 is 0 Å². The second-order valence-electron chi connectivity index (χ2n) is 4.88. The van der Waals surface area contributed by atoms with Crippen LogP contribution in [0.15, 0.2) is 42.5 Å². The van der Waals surface area contributed by atoms with Crippen LogP contribution in [0.1, 0.15) is 29.7 Å². The number of hydrogen-bond acceptors (Lipinski definition) is 1. The highest BCUT2D eigenvalue weighted by Crippen LogP contribution is 2.23.